The number of carbonyl (C=O) groups is 2. The number of methoxy groups -OCH3 is 1. The molecule has 1 fully saturated rings. The molecule has 1 amide bonds. The van der Waals surface area contributed by atoms with E-state index in [9.17, 15) is 9.59 Å². The summed E-state index contributed by atoms with van der Waals surface area (Å²) in [5.41, 5.74) is 0.770. The molecule has 1 aromatic heterocycles. The fourth-order valence-electron chi connectivity index (χ4n) is 2.18. The molecule has 104 valence electrons. The molecule has 2 rings (SSSR count). The normalized spacial score (nSPS) is 19.6. The van der Waals surface area contributed by atoms with Crippen molar-refractivity contribution in [3.05, 3.63) is 23.7 Å². The van der Waals surface area contributed by atoms with Crippen LogP contribution >= 0.6 is 0 Å². The lowest BCUT2D eigenvalue weighted by molar-refractivity contribution is -0.132. The van der Waals surface area contributed by atoms with Gasteiger partial charge in [0.1, 0.15) is 0 Å². The van der Waals surface area contributed by atoms with Gasteiger partial charge in [0.2, 0.25) is 11.7 Å². The number of ether oxygens (including phenoxy) is 1. The van der Waals surface area contributed by atoms with Crippen molar-refractivity contribution in [3.63, 3.8) is 0 Å². The highest BCUT2D eigenvalue weighted by Crippen LogP contribution is 2.14. The van der Waals surface area contributed by atoms with Crippen LogP contribution in [-0.4, -0.2) is 43.5 Å². The Morgan fingerprint density at radius 3 is 3.11 bits per heavy atom. The van der Waals surface area contributed by atoms with E-state index in [1.807, 2.05) is 0 Å². The van der Waals surface area contributed by atoms with Gasteiger partial charge in [0, 0.05) is 38.2 Å². The smallest absolute Gasteiger partial charge is 0.374 e. The Kier molecular flexibility index (Phi) is 4.21. The van der Waals surface area contributed by atoms with Crippen LogP contribution in [0.1, 0.15) is 29.0 Å². The van der Waals surface area contributed by atoms with Crippen LogP contribution in [0.4, 0.5) is 0 Å². The van der Waals surface area contributed by atoms with Crippen molar-refractivity contribution in [1.82, 2.24) is 10.2 Å². The Morgan fingerprint density at radius 1 is 1.63 bits per heavy atom. The van der Waals surface area contributed by atoms with E-state index in [2.05, 4.69) is 10.1 Å². The summed E-state index contributed by atoms with van der Waals surface area (Å²) >= 11 is 0. The Bertz CT molecular complexity index is 469. The lowest BCUT2D eigenvalue weighted by Gasteiger charge is -2.30. The minimum Gasteiger partial charge on any atom is -0.463 e. The first-order valence-electron chi connectivity index (χ1n) is 6.24. The third-order valence-corrected chi connectivity index (χ3v) is 3.33. The second-order valence-corrected chi connectivity index (χ2v) is 4.66. The van der Waals surface area contributed by atoms with Gasteiger partial charge in [0.25, 0.3) is 0 Å². The Morgan fingerprint density at radius 2 is 2.42 bits per heavy atom. The molecule has 2 heterocycles. The molecular formula is C13H18N2O4. The number of likely N-dealkylation sites (N-methyl/N-ethyl adjacent to an activating group) is 1. The molecule has 6 heteroatoms. The van der Waals surface area contributed by atoms with E-state index in [0.29, 0.717) is 19.5 Å². The summed E-state index contributed by atoms with van der Waals surface area (Å²) in [4.78, 5) is 24.5. The monoisotopic (exact) mass is 266 g/mol. The van der Waals surface area contributed by atoms with Crippen LogP contribution in [0.25, 0.3) is 0 Å². The van der Waals surface area contributed by atoms with Crippen molar-refractivity contribution in [2.75, 3.05) is 20.7 Å². The maximum Gasteiger partial charge on any atom is 0.374 e. The number of likely N-dealkylation sites (tertiary alicyclic amines) is 1. The third-order valence-electron chi connectivity index (χ3n) is 3.33. The molecule has 1 saturated heterocycles. The molecule has 19 heavy (non-hydrogen) atoms. The maximum atomic E-state index is 11.4. The molecule has 1 aliphatic heterocycles. The highest BCUT2D eigenvalue weighted by Gasteiger charge is 2.23. The fourth-order valence-corrected chi connectivity index (χ4v) is 2.18. The Labute approximate surface area is 111 Å². The average molecular weight is 266 g/mol. The van der Waals surface area contributed by atoms with Gasteiger partial charge in [-0.1, -0.05) is 0 Å². The van der Waals surface area contributed by atoms with Crippen molar-refractivity contribution in [2.45, 2.75) is 25.4 Å². The van der Waals surface area contributed by atoms with E-state index in [1.54, 1.807) is 18.0 Å². The van der Waals surface area contributed by atoms with Crippen LogP contribution in [0.15, 0.2) is 16.7 Å². The highest BCUT2D eigenvalue weighted by atomic mass is 16.5. The number of carbonyl (C=O) groups excluding carboxylic acids is 2. The highest BCUT2D eigenvalue weighted by molar-refractivity contribution is 5.87. The number of nitrogens with one attached hydrogen (secondary N) is 1. The number of nitrogens with zero attached hydrogens (tertiary/aromatic N) is 1. The standard InChI is InChI=1S/C13H18N2O4/c1-15-8-10(3-4-11(15)16)14-7-9-5-6-19-12(9)13(17)18-2/h5-6,10,14H,3-4,7-8H2,1-2H3. The quantitative estimate of drug-likeness (QED) is 0.815. The fraction of sp³-hybridized carbons (Fsp3) is 0.538. The largest absolute Gasteiger partial charge is 0.463 e. The summed E-state index contributed by atoms with van der Waals surface area (Å²) in [6.07, 6.45) is 2.85. The zero-order valence-corrected chi connectivity index (χ0v) is 11.1. The molecule has 1 unspecified atom stereocenters. The minimum atomic E-state index is -0.474. The number of furan rings is 1. The summed E-state index contributed by atoms with van der Waals surface area (Å²) in [5, 5.41) is 3.33. The molecular weight excluding hydrogens is 248 g/mol. The van der Waals surface area contributed by atoms with E-state index < -0.39 is 5.97 Å². The van der Waals surface area contributed by atoms with Crippen molar-refractivity contribution >= 4 is 11.9 Å². The van der Waals surface area contributed by atoms with E-state index in [4.69, 9.17) is 4.42 Å². The Balaban J connectivity index is 1.91. The SMILES string of the molecule is COC(=O)c1occc1CNC1CCC(=O)N(C)C1. The van der Waals surface area contributed by atoms with Gasteiger partial charge in [-0.15, -0.1) is 0 Å². The van der Waals surface area contributed by atoms with Crippen LogP contribution in [-0.2, 0) is 16.1 Å². The maximum absolute atomic E-state index is 11.4. The van der Waals surface area contributed by atoms with E-state index in [0.717, 1.165) is 12.0 Å². The topological polar surface area (TPSA) is 71.8 Å². The van der Waals surface area contributed by atoms with E-state index in [-0.39, 0.29) is 17.7 Å². The lowest BCUT2D eigenvalue weighted by atomic mass is 10.1. The molecule has 1 N–H and O–H groups in total. The number of esters is 1. The zero-order chi connectivity index (χ0) is 13.8. The van der Waals surface area contributed by atoms with Gasteiger partial charge in [0.05, 0.1) is 13.4 Å². The summed E-state index contributed by atoms with van der Waals surface area (Å²) in [6, 6.07) is 1.99. The number of hydrogen-bond donors (Lipinski definition) is 1. The van der Waals surface area contributed by atoms with Crippen LogP contribution in [0, 0.1) is 0 Å². The Hall–Kier alpha value is -1.82. The lowest BCUT2D eigenvalue weighted by Crippen LogP contribution is -2.46. The number of hydrogen-bond acceptors (Lipinski definition) is 5. The summed E-state index contributed by atoms with van der Waals surface area (Å²) in [6.45, 7) is 1.21. The zero-order valence-electron chi connectivity index (χ0n) is 11.1. The second-order valence-electron chi connectivity index (χ2n) is 4.66. The van der Waals surface area contributed by atoms with Gasteiger partial charge in [-0.3, -0.25) is 4.79 Å². The van der Waals surface area contributed by atoms with Gasteiger partial charge >= 0.3 is 5.97 Å². The van der Waals surface area contributed by atoms with Gasteiger partial charge in [-0.2, -0.15) is 0 Å². The molecule has 1 aromatic rings. The van der Waals surface area contributed by atoms with Crippen LogP contribution in [0.5, 0.6) is 0 Å². The number of amides is 1. The first-order chi connectivity index (χ1) is 9.11. The van der Waals surface area contributed by atoms with Crippen LogP contribution in [0.3, 0.4) is 0 Å². The predicted octanol–water partition coefficient (Wildman–Crippen LogP) is 0.777. The second kappa shape index (κ2) is 5.88. The van der Waals surface area contributed by atoms with Crippen molar-refractivity contribution in [1.29, 1.82) is 0 Å². The molecule has 0 aromatic carbocycles. The number of rotatable bonds is 4. The van der Waals surface area contributed by atoms with Gasteiger partial charge in [-0.05, 0) is 12.5 Å². The van der Waals surface area contributed by atoms with E-state index in [1.165, 1.54) is 13.4 Å². The molecule has 0 radical (unpaired) electrons. The van der Waals surface area contributed by atoms with Crippen molar-refractivity contribution < 1.29 is 18.7 Å². The molecule has 1 aliphatic rings. The first kappa shape index (κ1) is 13.6. The average Bonchev–Trinajstić information content (AvgIpc) is 2.87. The molecule has 0 saturated carbocycles. The third kappa shape index (κ3) is 3.14. The van der Waals surface area contributed by atoms with Gasteiger partial charge in [0.15, 0.2) is 0 Å². The van der Waals surface area contributed by atoms with Crippen LogP contribution in [0.2, 0.25) is 0 Å². The summed E-state index contributed by atoms with van der Waals surface area (Å²) in [5.74, 6) is -0.0652. The van der Waals surface area contributed by atoms with Crippen LogP contribution < -0.4 is 5.32 Å². The van der Waals surface area contributed by atoms with Crippen molar-refractivity contribution in [3.8, 4) is 0 Å². The number of piperidine rings is 1. The molecule has 6 nitrogen and oxygen atoms in total. The predicted molar refractivity (Wildman–Crippen MR) is 67.5 cm³/mol. The first-order valence-corrected chi connectivity index (χ1v) is 6.24. The molecule has 0 bridgehead atoms. The summed E-state index contributed by atoms with van der Waals surface area (Å²) in [7, 11) is 3.12. The van der Waals surface area contributed by atoms with E-state index >= 15 is 0 Å². The van der Waals surface area contributed by atoms with Crippen molar-refractivity contribution in [2.24, 2.45) is 0 Å². The summed E-state index contributed by atoms with van der Waals surface area (Å²) < 4.78 is 9.76. The minimum absolute atomic E-state index is 0.177. The van der Waals surface area contributed by atoms with Gasteiger partial charge in [-0.25, -0.2) is 4.79 Å². The molecule has 1 atom stereocenters. The molecule has 0 aliphatic carbocycles. The van der Waals surface area contributed by atoms with Gasteiger partial charge < -0.3 is 19.4 Å². The molecule has 0 spiro atoms.